The Kier molecular flexibility index (Phi) is 7.07. The topological polar surface area (TPSA) is 112 Å². The number of aromatic nitrogens is 4. The minimum Gasteiger partial charge on any atom is -0.361 e. The van der Waals surface area contributed by atoms with Gasteiger partial charge in [0.15, 0.2) is 5.84 Å². The minimum absolute atomic E-state index is 0.0935. The highest BCUT2D eigenvalue weighted by atomic mass is 16.2. The van der Waals surface area contributed by atoms with E-state index in [0.29, 0.717) is 29.9 Å². The van der Waals surface area contributed by atoms with Crippen molar-refractivity contribution in [3.05, 3.63) is 36.4 Å². The highest BCUT2D eigenvalue weighted by molar-refractivity contribution is 6.38. The van der Waals surface area contributed by atoms with Crippen molar-refractivity contribution in [2.45, 2.75) is 113 Å². The van der Waals surface area contributed by atoms with Crippen molar-refractivity contribution in [3.8, 4) is 0 Å². The monoisotopic (exact) mass is 492 g/mol. The second-order valence-corrected chi connectivity index (χ2v) is 11.2. The van der Waals surface area contributed by atoms with Gasteiger partial charge < -0.3 is 25.5 Å². The van der Waals surface area contributed by atoms with Crippen LogP contribution in [-0.2, 0) is 4.79 Å². The largest absolute Gasteiger partial charge is 0.361 e. The molecule has 4 atom stereocenters. The molecule has 1 amide bonds. The Bertz CT molecular complexity index is 1030. The summed E-state index contributed by atoms with van der Waals surface area (Å²) in [5, 5.41) is 10.4. The Morgan fingerprint density at radius 1 is 1.08 bits per heavy atom. The number of H-pyrrole nitrogens is 1. The zero-order chi connectivity index (χ0) is 24.3. The van der Waals surface area contributed by atoms with Crippen LogP contribution in [-0.4, -0.2) is 55.9 Å². The van der Waals surface area contributed by atoms with Gasteiger partial charge in [-0.05, 0) is 64.3 Å². The molecule has 2 aliphatic heterocycles. The third-order valence-corrected chi connectivity index (χ3v) is 8.83. The Hall–Kier alpha value is -2.68. The van der Waals surface area contributed by atoms with Crippen LogP contribution in [0.2, 0.25) is 0 Å². The number of fused-ring (bicyclic) bond motifs is 1. The molecule has 1 saturated heterocycles. The number of amidine groups is 1. The van der Waals surface area contributed by atoms with Gasteiger partial charge in [0.1, 0.15) is 5.82 Å². The molecule has 4 aliphatic rings. The molecular formula is C27H40N8O. The first kappa shape index (κ1) is 23.7. The summed E-state index contributed by atoms with van der Waals surface area (Å²) < 4.78 is 2.24. The van der Waals surface area contributed by atoms with Gasteiger partial charge in [-0.1, -0.05) is 19.3 Å². The number of nitrogens with one attached hydrogen (secondary N) is 4. The number of piperidine rings is 1. The summed E-state index contributed by atoms with van der Waals surface area (Å²) in [6, 6.07) is 1.36. The minimum atomic E-state index is -0.156. The lowest BCUT2D eigenvalue weighted by Crippen LogP contribution is -2.45. The Labute approximate surface area is 213 Å². The zero-order valence-corrected chi connectivity index (χ0v) is 21.2. The molecule has 194 valence electrons. The SMILES string of the molecule is O=C(N[C@@H](CC1CCCCN1)c1ncc(C2CCC(n3ccnc3)CC2)[nH]1)C1=NC2CCCCC2N1. The summed E-state index contributed by atoms with van der Waals surface area (Å²) in [5.74, 6) is 1.78. The standard InChI is InChI=1S/C27H40N8O/c36-27(26-31-21-6-1-2-7-22(21)32-26)34-23(15-19-5-3-4-12-29-19)25-30-16-24(33-25)18-8-10-20(11-9-18)35-14-13-28-17-35/h13-14,16-23,29H,1-12,15H2,(H,30,33)(H,31,32)(H,34,36)/t18?,19?,20?,21?,22?,23-/m0/s1. The zero-order valence-electron chi connectivity index (χ0n) is 21.2. The summed E-state index contributed by atoms with van der Waals surface area (Å²) in [5.41, 5.74) is 1.20. The molecule has 36 heavy (non-hydrogen) atoms. The fraction of sp³-hybridized carbons (Fsp3) is 0.704. The summed E-state index contributed by atoms with van der Waals surface area (Å²) in [6.07, 6.45) is 21.5. The Balaban J connectivity index is 1.13. The molecule has 2 saturated carbocycles. The summed E-state index contributed by atoms with van der Waals surface area (Å²) >= 11 is 0. The average Bonchev–Trinajstić information content (AvgIpc) is 3.70. The van der Waals surface area contributed by atoms with Crippen molar-refractivity contribution in [2.24, 2.45) is 4.99 Å². The van der Waals surface area contributed by atoms with E-state index in [2.05, 4.69) is 36.7 Å². The number of carbonyl (C=O) groups is 1. The first-order valence-electron chi connectivity index (χ1n) is 14.1. The molecule has 4 N–H and O–H groups in total. The molecule has 2 aromatic rings. The normalized spacial score (nSPS) is 31.2. The van der Waals surface area contributed by atoms with E-state index in [-0.39, 0.29) is 18.0 Å². The van der Waals surface area contributed by atoms with Crippen molar-refractivity contribution < 1.29 is 4.79 Å². The van der Waals surface area contributed by atoms with Gasteiger partial charge in [0.05, 0.1) is 24.5 Å². The third kappa shape index (κ3) is 5.21. The average molecular weight is 493 g/mol. The van der Waals surface area contributed by atoms with Gasteiger partial charge in [0.2, 0.25) is 0 Å². The molecule has 0 radical (unpaired) electrons. The van der Waals surface area contributed by atoms with E-state index in [1.807, 2.05) is 18.7 Å². The van der Waals surface area contributed by atoms with Gasteiger partial charge in [-0.3, -0.25) is 9.79 Å². The second kappa shape index (κ2) is 10.7. The van der Waals surface area contributed by atoms with E-state index >= 15 is 0 Å². The van der Waals surface area contributed by atoms with E-state index in [1.165, 1.54) is 31.4 Å². The quantitative estimate of drug-likeness (QED) is 0.473. The van der Waals surface area contributed by atoms with Crippen molar-refractivity contribution in [1.82, 2.24) is 35.5 Å². The molecule has 3 unspecified atom stereocenters. The molecule has 0 spiro atoms. The van der Waals surface area contributed by atoms with Crippen LogP contribution in [0.25, 0.3) is 0 Å². The molecule has 2 aromatic heterocycles. The maximum atomic E-state index is 13.3. The summed E-state index contributed by atoms with van der Waals surface area (Å²) in [4.78, 5) is 30.7. The molecule has 3 fully saturated rings. The van der Waals surface area contributed by atoms with Crippen LogP contribution < -0.4 is 16.0 Å². The van der Waals surface area contributed by atoms with Crippen LogP contribution in [0.5, 0.6) is 0 Å². The molecule has 6 rings (SSSR count). The van der Waals surface area contributed by atoms with Gasteiger partial charge >= 0.3 is 0 Å². The van der Waals surface area contributed by atoms with E-state index in [1.54, 1.807) is 0 Å². The molecule has 0 aromatic carbocycles. The molecule has 9 heteroatoms. The van der Waals surface area contributed by atoms with Crippen LogP contribution in [0.3, 0.4) is 0 Å². The van der Waals surface area contributed by atoms with Gasteiger partial charge in [-0.2, -0.15) is 0 Å². The number of amides is 1. The van der Waals surface area contributed by atoms with Crippen molar-refractivity contribution in [2.75, 3.05) is 6.54 Å². The first-order chi connectivity index (χ1) is 17.7. The van der Waals surface area contributed by atoms with Crippen LogP contribution in [0.1, 0.15) is 107 Å². The van der Waals surface area contributed by atoms with Gasteiger partial charge in [0.25, 0.3) is 5.91 Å². The number of aliphatic imine (C=N–C) groups is 1. The van der Waals surface area contributed by atoms with E-state index in [9.17, 15) is 4.79 Å². The maximum Gasteiger partial charge on any atom is 0.286 e. The Morgan fingerprint density at radius 3 is 2.72 bits per heavy atom. The van der Waals surface area contributed by atoms with Crippen LogP contribution in [0.15, 0.2) is 29.9 Å². The lowest BCUT2D eigenvalue weighted by molar-refractivity contribution is -0.115. The van der Waals surface area contributed by atoms with Crippen molar-refractivity contribution >= 4 is 11.7 Å². The number of rotatable bonds is 7. The van der Waals surface area contributed by atoms with Gasteiger partial charge in [0, 0.05) is 42.3 Å². The predicted octanol–water partition coefficient (Wildman–Crippen LogP) is 3.51. The van der Waals surface area contributed by atoms with Gasteiger partial charge in [-0.15, -0.1) is 0 Å². The lowest BCUT2D eigenvalue weighted by atomic mass is 9.84. The number of carbonyl (C=O) groups excluding carboxylic acids is 1. The van der Waals surface area contributed by atoms with Crippen LogP contribution in [0.4, 0.5) is 0 Å². The maximum absolute atomic E-state index is 13.3. The number of hydrogen-bond donors (Lipinski definition) is 4. The molecule has 0 bridgehead atoms. The second-order valence-electron chi connectivity index (χ2n) is 11.2. The number of aromatic amines is 1. The molecule has 2 aliphatic carbocycles. The summed E-state index contributed by atoms with van der Waals surface area (Å²) in [7, 11) is 0. The molecule has 9 nitrogen and oxygen atoms in total. The fourth-order valence-corrected chi connectivity index (χ4v) is 6.72. The molecule has 4 heterocycles. The highest BCUT2D eigenvalue weighted by Gasteiger charge is 2.35. The first-order valence-corrected chi connectivity index (χ1v) is 14.1. The van der Waals surface area contributed by atoms with E-state index < -0.39 is 0 Å². The predicted molar refractivity (Wildman–Crippen MR) is 139 cm³/mol. The summed E-state index contributed by atoms with van der Waals surface area (Å²) in [6.45, 7) is 1.05. The smallest absolute Gasteiger partial charge is 0.286 e. The van der Waals surface area contributed by atoms with Crippen LogP contribution >= 0.6 is 0 Å². The third-order valence-electron chi connectivity index (χ3n) is 8.83. The Morgan fingerprint density at radius 2 is 1.94 bits per heavy atom. The molecular weight excluding hydrogens is 452 g/mol. The van der Waals surface area contributed by atoms with Crippen molar-refractivity contribution in [1.29, 1.82) is 0 Å². The van der Waals surface area contributed by atoms with Crippen molar-refractivity contribution in [3.63, 3.8) is 0 Å². The number of imidazole rings is 2. The fourth-order valence-electron chi connectivity index (χ4n) is 6.72. The highest BCUT2D eigenvalue weighted by Crippen LogP contribution is 2.37. The van der Waals surface area contributed by atoms with Crippen LogP contribution in [0, 0.1) is 0 Å². The van der Waals surface area contributed by atoms with E-state index in [4.69, 9.17) is 9.98 Å². The number of hydrogen-bond acceptors (Lipinski definition) is 6. The number of nitrogens with zero attached hydrogens (tertiary/aromatic N) is 4. The van der Waals surface area contributed by atoms with Gasteiger partial charge in [-0.25, -0.2) is 9.97 Å². The lowest BCUT2D eigenvalue weighted by Gasteiger charge is -2.29. The van der Waals surface area contributed by atoms with E-state index in [0.717, 1.165) is 63.7 Å².